The van der Waals surface area contributed by atoms with Gasteiger partial charge >= 0.3 is 0 Å². The van der Waals surface area contributed by atoms with Gasteiger partial charge in [0.15, 0.2) is 0 Å². The van der Waals surface area contributed by atoms with Crippen LogP contribution in [0.3, 0.4) is 0 Å². The van der Waals surface area contributed by atoms with Crippen molar-refractivity contribution in [1.29, 1.82) is 0 Å². The Kier molecular flexibility index (Phi) is 3.12. The molecule has 1 rings (SSSR count). The Morgan fingerprint density at radius 1 is 1.31 bits per heavy atom. The van der Waals surface area contributed by atoms with Crippen molar-refractivity contribution in [3.8, 4) is 5.88 Å². The van der Waals surface area contributed by atoms with Crippen molar-refractivity contribution in [1.82, 2.24) is 4.98 Å². The molecule has 1 aromatic heterocycles. The predicted molar refractivity (Wildman–Crippen MR) is 53.6 cm³/mol. The number of hydrogen-bond acceptors (Lipinski definition) is 3. The quantitative estimate of drug-likeness (QED) is 0.774. The van der Waals surface area contributed by atoms with E-state index in [1.54, 1.807) is 6.07 Å². The Hall–Kier alpha value is -1.25. The predicted octanol–water partition coefficient (Wildman–Crippen LogP) is 2.09. The fourth-order valence-electron chi connectivity index (χ4n) is 0.823. The summed E-state index contributed by atoms with van der Waals surface area (Å²) < 4.78 is 5.57. The Balaban J connectivity index is 2.64. The van der Waals surface area contributed by atoms with Gasteiger partial charge in [-0.15, -0.1) is 0 Å². The van der Waals surface area contributed by atoms with Crippen LogP contribution in [-0.2, 0) is 0 Å². The zero-order valence-electron chi connectivity index (χ0n) is 8.32. The Bertz CT molecular complexity index is 273. The van der Waals surface area contributed by atoms with Crippen molar-refractivity contribution in [2.75, 3.05) is 5.73 Å². The number of pyridine rings is 1. The lowest BCUT2D eigenvalue weighted by Gasteiger charge is -2.17. The molecule has 1 atom stereocenters. The number of hydrogen-bond donors (Lipinski definition) is 1. The van der Waals surface area contributed by atoms with Gasteiger partial charge < -0.3 is 10.5 Å². The van der Waals surface area contributed by atoms with Gasteiger partial charge in [-0.2, -0.15) is 4.98 Å². The molecule has 0 aliphatic carbocycles. The number of anilines is 1. The highest BCUT2D eigenvalue weighted by atomic mass is 16.5. The second-order valence-corrected chi connectivity index (χ2v) is 3.47. The van der Waals surface area contributed by atoms with Crippen LogP contribution in [0, 0.1) is 5.92 Å². The van der Waals surface area contributed by atoms with E-state index < -0.39 is 0 Å². The molecule has 0 amide bonds. The molecular weight excluding hydrogens is 164 g/mol. The molecular formula is C10H16N2O. The lowest BCUT2D eigenvalue weighted by Crippen LogP contribution is -2.19. The molecule has 0 aliphatic heterocycles. The number of rotatable bonds is 3. The van der Waals surface area contributed by atoms with Crippen LogP contribution in [0.25, 0.3) is 0 Å². The molecule has 3 heteroatoms. The van der Waals surface area contributed by atoms with E-state index in [1.165, 1.54) is 0 Å². The number of aromatic nitrogens is 1. The van der Waals surface area contributed by atoms with E-state index in [2.05, 4.69) is 18.8 Å². The molecule has 0 aromatic carbocycles. The molecule has 1 heterocycles. The summed E-state index contributed by atoms with van der Waals surface area (Å²) in [5, 5.41) is 0. The molecule has 0 fully saturated rings. The van der Waals surface area contributed by atoms with Gasteiger partial charge in [0.05, 0.1) is 6.10 Å². The third kappa shape index (κ3) is 2.93. The fourth-order valence-corrected chi connectivity index (χ4v) is 0.823. The second-order valence-electron chi connectivity index (χ2n) is 3.47. The van der Waals surface area contributed by atoms with Crippen LogP contribution in [0.5, 0.6) is 5.88 Å². The van der Waals surface area contributed by atoms with E-state index in [0.29, 0.717) is 17.6 Å². The molecule has 0 aliphatic rings. The maximum Gasteiger partial charge on any atom is 0.215 e. The lowest BCUT2D eigenvalue weighted by atomic mass is 10.1. The van der Waals surface area contributed by atoms with Gasteiger partial charge in [0.25, 0.3) is 0 Å². The van der Waals surface area contributed by atoms with E-state index in [0.717, 1.165) is 0 Å². The first-order valence-corrected chi connectivity index (χ1v) is 4.49. The van der Waals surface area contributed by atoms with E-state index in [-0.39, 0.29) is 6.10 Å². The third-order valence-corrected chi connectivity index (χ3v) is 1.99. The minimum atomic E-state index is 0.161. The van der Waals surface area contributed by atoms with Gasteiger partial charge in [-0.05, 0) is 18.9 Å². The van der Waals surface area contributed by atoms with Gasteiger partial charge in [0, 0.05) is 6.07 Å². The van der Waals surface area contributed by atoms with Gasteiger partial charge in [0.2, 0.25) is 5.88 Å². The first kappa shape index (κ1) is 9.84. The van der Waals surface area contributed by atoms with Crippen LogP contribution >= 0.6 is 0 Å². The highest BCUT2D eigenvalue weighted by molar-refractivity contribution is 5.31. The van der Waals surface area contributed by atoms with E-state index in [4.69, 9.17) is 10.5 Å². The van der Waals surface area contributed by atoms with Gasteiger partial charge in [-0.1, -0.05) is 19.9 Å². The minimum Gasteiger partial charge on any atom is -0.474 e. The first-order valence-electron chi connectivity index (χ1n) is 4.49. The average molecular weight is 180 g/mol. The summed E-state index contributed by atoms with van der Waals surface area (Å²) >= 11 is 0. The summed E-state index contributed by atoms with van der Waals surface area (Å²) in [7, 11) is 0. The van der Waals surface area contributed by atoms with Crippen molar-refractivity contribution in [3.05, 3.63) is 18.2 Å². The standard InChI is InChI=1S/C10H16N2O/c1-7(2)8(3)13-10-6-4-5-9(11)12-10/h4-8H,1-3H3,(H2,11,12). The Morgan fingerprint density at radius 3 is 2.54 bits per heavy atom. The number of nitrogens with zero attached hydrogens (tertiary/aromatic N) is 1. The highest BCUT2D eigenvalue weighted by Crippen LogP contribution is 2.13. The van der Waals surface area contributed by atoms with Crippen molar-refractivity contribution in [2.45, 2.75) is 26.9 Å². The SMILES string of the molecule is CC(C)C(C)Oc1cccc(N)n1. The van der Waals surface area contributed by atoms with E-state index in [1.807, 2.05) is 19.1 Å². The van der Waals surface area contributed by atoms with Crippen molar-refractivity contribution in [2.24, 2.45) is 5.92 Å². The van der Waals surface area contributed by atoms with E-state index in [9.17, 15) is 0 Å². The minimum absolute atomic E-state index is 0.161. The van der Waals surface area contributed by atoms with Gasteiger partial charge in [-0.3, -0.25) is 0 Å². The number of ether oxygens (including phenoxy) is 1. The highest BCUT2D eigenvalue weighted by Gasteiger charge is 2.08. The van der Waals surface area contributed by atoms with Crippen LogP contribution in [0.1, 0.15) is 20.8 Å². The van der Waals surface area contributed by atoms with Crippen LogP contribution in [-0.4, -0.2) is 11.1 Å². The van der Waals surface area contributed by atoms with Gasteiger partial charge in [-0.25, -0.2) is 0 Å². The second kappa shape index (κ2) is 4.12. The van der Waals surface area contributed by atoms with Crippen LogP contribution in [0.15, 0.2) is 18.2 Å². The molecule has 0 bridgehead atoms. The van der Waals surface area contributed by atoms with Crippen LogP contribution in [0.4, 0.5) is 5.82 Å². The third-order valence-electron chi connectivity index (χ3n) is 1.99. The molecule has 0 saturated carbocycles. The molecule has 0 spiro atoms. The zero-order chi connectivity index (χ0) is 9.84. The van der Waals surface area contributed by atoms with E-state index >= 15 is 0 Å². The molecule has 1 aromatic rings. The summed E-state index contributed by atoms with van der Waals surface area (Å²) in [6.45, 7) is 6.24. The van der Waals surface area contributed by atoms with Gasteiger partial charge in [0.1, 0.15) is 5.82 Å². The monoisotopic (exact) mass is 180 g/mol. The fraction of sp³-hybridized carbons (Fsp3) is 0.500. The molecule has 0 saturated heterocycles. The summed E-state index contributed by atoms with van der Waals surface area (Å²) in [5.41, 5.74) is 5.52. The first-order chi connectivity index (χ1) is 6.09. The smallest absolute Gasteiger partial charge is 0.215 e. The maximum absolute atomic E-state index is 5.57. The molecule has 2 N–H and O–H groups in total. The Morgan fingerprint density at radius 2 is 2.00 bits per heavy atom. The van der Waals surface area contributed by atoms with Crippen molar-refractivity contribution in [3.63, 3.8) is 0 Å². The summed E-state index contributed by atoms with van der Waals surface area (Å²) in [5.74, 6) is 1.57. The average Bonchev–Trinajstić information content (AvgIpc) is 2.04. The zero-order valence-corrected chi connectivity index (χ0v) is 8.32. The molecule has 1 unspecified atom stereocenters. The normalized spacial score (nSPS) is 12.9. The summed E-state index contributed by atoms with van der Waals surface area (Å²) in [4.78, 5) is 4.05. The van der Waals surface area contributed by atoms with Crippen LogP contribution in [0.2, 0.25) is 0 Å². The molecule has 72 valence electrons. The summed E-state index contributed by atoms with van der Waals surface area (Å²) in [6.07, 6.45) is 0.161. The molecule has 0 radical (unpaired) electrons. The number of nitrogens with two attached hydrogens (primary N) is 1. The molecule has 13 heavy (non-hydrogen) atoms. The van der Waals surface area contributed by atoms with Crippen LogP contribution < -0.4 is 10.5 Å². The maximum atomic E-state index is 5.57. The topological polar surface area (TPSA) is 48.1 Å². The molecule has 3 nitrogen and oxygen atoms in total. The lowest BCUT2D eigenvalue weighted by molar-refractivity contribution is 0.163. The van der Waals surface area contributed by atoms with Crippen molar-refractivity contribution < 1.29 is 4.74 Å². The number of nitrogen functional groups attached to an aromatic ring is 1. The largest absolute Gasteiger partial charge is 0.474 e. The summed E-state index contributed by atoms with van der Waals surface area (Å²) in [6, 6.07) is 5.40. The van der Waals surface area contributed by atoms with Crippen molar-refractivity contribution >= 4 is 5.82 Å². The Labute approximate surface area is 78.9 Å².